The molecular formula is C13H19NO. The van der Waals surface area contributed by atoms with Crippen molar-refractivity contribution >= 4 is 5.91 Å². The molecule has 0 saturated carbocycles. The smallest absolute Gasteiger partial charge is 0.224 e. The zero-order chi connectivity index (χ0) is 11.3. The Bertz CT molecular complexity index is 331. The van der Waals surface area contributed by atoms with Gasteiger partial charge in [0.1, 0.15) is 0 Å². The number of amides is 1. The second-order valence-corrected chi connectivity index (χ2v) is 4.30. The highest BCUT2D eigenvalue weighted by Gasteiger charge is 2.05. The van der Waals surface area contributed by atoms with Crippen LogP contribution in [0.25, 0.3) is 0 Å². The zero-order valence-corrected chi connectivity index (χ0v) is 9.71. The van der Waals surface area contributed by atoms with E-state index >= 15 is 0 Å². The zero-order valence-electron chi connectivity index (χ0n) is 9.71. The van der Waals surface area contributed by atoms with Crippen molar-refractivity contribution in [3.63, 3.8) is 0 Å². The fraction of sp³-hybridized carbons (Fsp3) is 0.462. The highest BCUT2D eigenvalue weighted by atomic mass is 16.1. The van der Waals surface area contributed by atoms with E-state index in [1.165, 1.54) is 5.56 Å². The Balaban J connectivity index is 2.48. The molecule has 0 atom stereocenters. The van der Waals surface area contributed by atoms with Crippen molar-refractivity contribution in [1.29, 1.82) is 0 Å². The Morgan fingerprint density at radius 3 is 2.60 bits per heavy atom. The minimum Gasteiger partial charge on any atom is -0.356 e. The summed E-state index contributed by atoms with van der Waals surface area (Å²) in [4.78, 5) is 11.6. The van der Waals surface area contributed by atoms with E-state index in [4.69, 9.17) is 0 Å². The minimum absolute atomic E-state index is 0.109. The first-order valence-corrected chi connectivity index (χ1v) is 5.41. The van der Waals surface area contributed by atoms with E-state index < -0.39 is 0 Å². The first-order valence-electron chi connectivity index (χ1n) is 5.41. The summed E-state index contributed by atoms with van der Waals surface area (Å²) in [7, 11) is 0. The summed E-state index contributed by atoms with van der Waals surface area (Å²) in [5.41, 5.74) is 2.29. The Labute approximate surface area is 91.7 Å². The lowest BCUT2D eigenvalue weighted by Crippen LogP contribution is -2.28. The van der Waals surface area contributed by atoms with Crippen LogP contribution in [0.3, 0.4) is 0 Å². The first kappa shape index (κ1) is 11.8. The molecule has 0 heterocycles. The van der Waals surface area contributed by atoms with E-state index in [1.807, 2.05) is 31.2 Å². The van der Waals surface area contributed by atoms with Gasteiger partial charge in [0.05, 0.1) is 6.42 Å². The number of hydrogen-bond donors (Lipinski definition) is 1. The number of benzene rings is 1. The summed E-state index contributed by atoms with van der Waals surface area (Å²) < 4.78 is 0. The number of hydrogen-bond acceptors (Lipinski definition) is 1. The maximum Gasteiger partial charge on any atom is 0.224 e. The van der Waals surface area contributed by atoms with Crippen LogP contribution in [0, 0.1) is 12.8 Å². The lowest BCUT2D eigenvalue weighted by atomic mass is 10.1. The van der Waals surface area contributed by atoms with Crippen LogP contribution in [0.4, 0.5) is 0 Å². The van der Waals surface area contributed by atoms with Gasteiger partial charge in [0.25, 0.3) is 0 Å². The Kier molecular flexibility index (Phi) is 4.35. The molecule has 0 bridgehead atoms. The summed E-state index contributed by atoms with van der Waals surface area (Å²) in [6, 6.07) is 8.00. The van der Waals surface area contributed by atoms with Gasteiger partial charge < -0.3 is 5.32 Å². The fourth-order valence-electron chi connectivity index (χ4n) is 1.36. The largest absolute Gasteiger partial charge is 0.356 e. The monoisotopic (exact) mass is 205 g/mol. The third-order valence-electron chi connectivity index (χ3n) is 2.32. The lowest BCUT2D eigenvalue weighted by Gasteiger charge is -2.08. The normalized spacial score (nSPS) is 10.4. The van der Waals surface area contributed by atoms with Gasteiger partial charge in [0.15, 0.2) is 0 Å². The van der Waals surface area contributed by atoms with Gasteiger partial charge >= 0.3 is 0 Å². The standard InChI is InChI=1S/C13H19NO/c1-10(2)9-14-13(15)8-12-7-5-4-6-11(12)3/h4-7,10H,8-9H2,1-3H3,(H,14,15). The van der Waals surface area contributed by atoms with Crippen molar-refractivity contribution in [3.05, 3.63) is 35.4 Å². The summed E-state index contributed by atoms with van der Waals surface area (Å²) in [5, 5.41) is 2.92. The molecule has 0 radical (unpaired) electrons. The molecule has 2 heteroatoms. The third kappa shape index (κ3) is 4.15. The number of carbonyl (C=O) groups is 1. The summed E-state index contributed by atoms with van der Waals surface area (Å²) in [6.45, 7) is 6.97. The molecule has 0 fully saturated rings. The molecule has 15 heavy (non-hydrogen) atoms. The van der Waals surface area contributed by atoms with Crippen LogP contribution in [0.2, 0.25) is 0 Å². The Morgan fingerprint density at radius 2 is 2.00 bits per heavy atom. The molecule has 0 spiro atoms. The Hall–Kier alpha value is -1.31. The third-order valence-corrected chi connectivity index (χ3v) is 2.32. The molecule has 1 amide bonds. The van der Waals surface area contributed by atoms with E-state index in [-0.39, 0.29) is 5.91 Å². The van der Waals surface area contributed by atoms with E-state index in [1.54, 1.807) is 0 Å². The maximum atomic E-state index is 11.6. The first-order chi connectivity index (χ1) is 7.09. The average Bonchev–Trinajstić information content (AvgIpc) is 2.18. The number of carbonyl (C=O) groups excluding carboxylic acids is 1. The minimum atomic E-state index is 0.109. The van der Waals surface area contributed by atoms with Gasteiger partial charge in [-0.3, -0.25) is 4.79 Å². The molecule has 1 aromatic rings. The van der Waals surface area contributed by atoms with Gasteiger partial charge in [-0.25, -0.2) is 0 Å². The van der Waals surface area contributed by atoms with Crippen molar-refractivity contribution < 1.29 is 4.79 Å². The van der Waals surface area contributed by atoms with Crippen LogP contribution >= 0.6 is 0 Å². The van der Waals surface area contributed by atoms with Gasteiger partial charge in [-0.15, -0.1) is 0 Å². The summed E-state index contributed by atoms with van der Waals surface area (Å²) in [5.74, 6) is 0.615. The quantitative estimate of drug-likeness (QED) is 0.803. The molecule has 1 rings (SSSR count). The predicted molar refractivity (Wildman–Crippen MR) is 62.7 cm³/mol. The van der Waals surface area contributed by atoms with Crippen molar-refractivity contribution in [2.45, 2.75) is 27.2 Å². The van der Waals surface area contributed by atoms with Crippen LogP contribution in [0.15, 0.2) is 24.3 Å². The van der Waals surface area contributed by atoms with Gasteiger partial charge in [-0.05, 0) is 24.0 Å². The SMILES string of the molecule is Cc1ccccc1CC(=O)NCC(C)C. The summed E-state index contributed by atoms with van der Waals surface area (Å²) in [6.07, 6.45) is 0.486. The predicted octanol–water partition coefficient (Wildman–Crippen LogP) is 2.31. The van der Waals surface area contributed by atoms with Gasteiger partial charge in [-0.2, -0.15) is 0 Å². The van der Waals surface area contributed by atoms with Crippen LogP contribution in [-0.4, -0.2) is 12.5 Å². The Morgan fingerprint density at radius 1 is 1.33 bits per heavy atom. The molecule has 0 aliphatic heterocycles. The molecule has 0 aromatic heterocycles. The van der Waals surface area contributed by atoms with Crippen molar-refractivity contribution in [2.24, 2.45) is 5.92 Å². The molecule has 2 nitrogen and oxygen atoms in total. The molecule has 1 aromatic carbocycles. The van der Waals surface area contributed by atoms with E-state index in [0.29, 0.717) is 12.3 Å². The second kappa shape index (κ2) is 5.54. The molecule has 0 saturated heterocycles. The lowest BCUT2D eigenvalue weighted by molar-refractivity contribution is -0.120. The number of aryl methyl sites for hydroxylation is 1. The average molecular weight is 205 g/mol. The fourth-order valence-corrected chi connectivity index (χ4v) is 1.36. The van der Waals surface area contributed by atoms with E-state index in [0.717, 1.165) is 12.1 Å². The van der Waals surface area contributed by atoms with Crippen LogP contribution in [-0.2, 0) is 11.2 Å². The van der Waals surface area contributed by atoms with E-state index in [9.17, 15) is 4.79 Å². The highest BCUT2D eigenvalue weighted by Crippen LogP contribution is 2.07. The molecule has 0 aliphatic rings. The van der Waals surface area contributed by atoms with Gasteiger partial charge in [-0.1, -0.05) is 38.1 Å². The molecule has 1 N–H and O–H groups in total. The second-order valence-electron chi connectivity index (χ2n) is 4.30. The van der Waals surface area contributed by atoms with Crippen LogP contribution in [0.1, 0.15) is 25.0 Å². The van der Waals surface area contributed by atoms with Crippen LogP contribution in [0.5, 0.6) is 0 Å². The van der Waals surface area contributed by atoms with Crippen molar-refractivity contribution in [2.75, 3.05) is 6.54 Å². The topological polar surface area (TPSA) is 29.1 Å². The van der Waals surface area contributed by atoms with E-state index in [2.05, 4.69) is 19.2 Å². The number of nitrogens with one attached hydrogen (secondary N) is 1. The molecular weight excluding hydrogens is 186 g/mol. The van der Waals surface area contributed by atoms with Gasteiger partial charge in [0, 0.05) is 6.54 Å². The molecule has 0 unspecified atom stereocenters. The number of rotatable bonds is 4. The summed E-state index contributed by atoms with van der Waals surface area (Å²) >= 11 is 0. The maximum absolute atomic E-state index is 11.6. The molecule has 0 aliphatic carbocycles. The molecule has 82 valence electrons. The van der Waals surface area contributed by atoms with Gasteiger partial charge in [0.2, 0.25) is 5.91 Å². The van der Waals surface area contributed by atoms with Crippen LogP contribution < -0.4 is 5.32 Å². The van der Waals surface area contributed by atoms with Crippen molar-refractivity contribution in [1.82, 2.24) is 5.32 Å². The highest BCUT2D eigenvalue weighted by molar-refractivity contribution is 5.78. The van der Waals surface area contributed by atoms with Crippen molar-refractivity contribution in [3.8, 4) is 0 Å².